The third-order valence-electron chi connectivity index (χ3n) is 2.74. The molecule has 0 fully saturated rings. The molecule has 22 heavy (non-hydrogen) atoms. The van der Waals surface area contributed by atoms with Gasteiger partial charge in [0.25, 0.3) is 5.91 Å². The SMILES string of the molecule is O=C(Nc1ccc(C(F)(F)F)cc1)c1cc(Cl)cc(Cl)c1O. The molecule has 0 radical (unpaired) electrons. The lowest BCUT2D eigenvalue weighted by atomic mass is 10.1. The number of amides is 1. The summed E-state index contributed by atoms with van der Waals surface area (Å²) in [5.74, 6) is -1.21. The topological polar surface area (TPSA) is 49.3 Å². The molecule has 0 bridgehead atoms. The largest absolute Gasteiger partial charge is 0.506 e. The second kappa shape index (κ2) is 6.06. The molecular formula is C14H8Cl2F3NO2. The Labute approximate surface area is 133 Å². The molecule has 1 amide bonds. The average molecular weight is 350 g/mol. The number of rotatable bonds is 2. The minimum Gasteiger partial charge on any atom is -0.506 e. The Hall–Kier alpha value is -1.92. The van der Waals surface area contributed by atoms with Gasteiger partial charge in [-0.15, -0.1) is 0 Å². The monoisotopic (exact) mass is 349 g/mol. The van der Waals surface area contributed by atoms with Crippen LogP contribution in [-0.4, -0.2) is 11.0 Å². The number of carbonyl (C=O) groups is 1. The van der Waals surface area contributed by atoms with E-state index in [0.717, 1.165) is 24.3 Å². The van der Waals surface area contributed by atoms with Gasteiger partial charge in [-0.3, -0.25) is 4.79 Å². The van der Waals surface area contributed by atoms with Gasteiger partial charge in [-0.2, -0.15) is 13.2 Å². The molecule has 0 aromatic heterocycles. The Bertz CT molecular complexity index is 715. The van der Waals surface area contributed by atoms with Crippen molar-refractivity contribution in [1.82, 2.24) is 0 Å². The van der Waals surface area contributed by atoms with Crippen LogP contribution in [-0.2, 0) is 6.18 Å². The molecule has 0 saturated carbocycles. The van der Waals surface area contributed by atoms with E-state index in [0.29, 0.717) is 0 Å². The molecular weight excluding hydrogens is 342 g/mol. The van der Waals surface area contributed by atoms with Crippen LogP contribution in [0.3, 0.4) is 0 Å². The first-order valence-corrected chi connectivity index (χ1v) is 6.60. The number of benzene rings is 2. The number of hydrogen-bond acceptors (Lipinski definition) is 2. The average Bonchev–Trinajstić information content (AvgIpc) is 2.42. The number of alkyl halides is 3. The third kappa shape index (κ3) is 3.64. The van der Waals surface area contributed by atoms with Crippen molar-refractivity contribution in [3.63, 3.8) is 0 Å². The Morgan fingerprint density at radius 1 is 1.09 bits per heavy atom. The van der Waals surface area contributed by atoms with Gasteiger partial charge in [-0.1, -0.05) is 23.2 Å². The zero-order valence-corrected chi connectivity index (χ0v) is 12.2. The molecule has 3 nitrogen and oxygen atoms in total. The quantitative estimate of drug-likeness (QED) is 0.803. The van der Waals surface area contributed by atoms with Crippen LogP contribution in [0, 0.1) is 0 Å². The van der Waals surface area contributed by atoms with Crippen molar-refractivity contribution in [2.45, 2.75) is 6.18 Å². The van der Waals surface area contributed by atoms with Crippen LogP contribution in [0.15, 0.2) is 36.4 Å². The van der Waals surface area contributed by atoms with Crippen LogP contribution in [0.5, 0.6) is 5.75 Å². The van der Waals surface area contributed by atoms with Crippen LogP contribution in [0.4, 0.5) is 18.9 Å². The van der Waals surface area contributed by atoms with E-state index in [4.69, 9.17) is 23.2 Å². The van der Waals surface area contributed by atoms with Gasteiger partial charge in [0.05, 0.1) is 16.1 Å². The molecule has 0 atom stereocenters. The Kier molecular flexibility index (Phi) is 4.53. The summed E-state index contributed by atoms with van der Waals surface area (Å²) >= 11 is 11.4. The molecule has 2 rings (SSSR count). The molecule has 116 valence electrons. The first-order valence-electron chi connectivity index (χ1n) is 5.85. The summed E-state index contributed by atoms with van der Waals surface area (Å²) in [6.45, 7) is 0. The van der Waals surface area contributed by atoms with Crippen LogP contribution >= 0.6 is 23.2 Å². The maximum atomic E-state index is 12.4. The summed E-state index contributed by atoms with van der Waals surface area (Å²) in [7, 11) is 0. The standard InChI is InChI=1S/C14H8Cl2F3NO2/c15-8-5-10(12(21)11(16)6-8)13(22)20-9-3-1-7(2-4-9)14(17,18)19/h1-6,21H,(H,20,22). The summed E-state index contributed by atoms with van der Waals surface area (Å²) < 4.78 is 37.3. The van der Waals surface area contributed by atoms with Gasteiger partial charge in [0, 0.05) is 10.7 Å². The first-order chi connectivity index (χ1) is 10.2. The molecule has 8 heteroatoms. The van der Waals surface area contributed by atoms with Crippen molar-refractivity contribution < 1.29 is 23.1 Å². The van der Waals surface area contributed by atoms with Crippen LogP contribution in [0.2, 0.25) is 10.0 Å². The predicted molar refractivity (Wildman–Crippen MR) is 77.5 cm³/mol. The maximum absolute atomic E-state index is 12.4. The normalized spacial score (nSPS) is 11.3. The van der Waals surface area contributed by atoms with E-state index >= 15 is 0 Å². The second-order valence-corrected chi connectivity index (χ2v) is 5.16. The van der Waals surface area contributed by atoms with Crippen molar-refractivity contribution in [3.8, 4) is 5.75 Å². The van der Waals surface area contributed by atoms with Crippen LogP contribution in [0.1, 0.15) is 15.9 Å². The fourth-order valence-electron chi connectivity index (χ4n) is 1.68. The van der Waals surface area contributed by atoms with E-state index in [2.05, 4.69) is 5.32 Å². The highest BCUT2D eigenvalue weighted by atomic mass is 35.5. The van der Waals surface area contributed by atoms with E-state index in [1.54, 1.807) is 0 Å². The van der Waals surface area contributed by atoms with E-state index in [1.165, 1.54) is 12.1 Å². The van der Waals surface area contributed by atoms with Gasteiger partial charge in [-0.05, 0) is 36.4 Å². The molecule has 0 saturated heterocycles. The molecule has 0 spiro atoms. The van der Waals surface area contributed by atoms with Crippen LogP contribution in [0.25, 0.3) is 0 Å². The molecule has 0 unspecified atom stereocenters. The van der Waals surface area contributed by atoms with Crippen molar-refractivity contribution in [3.05, 3.63) is 57.6 Å². The fraction of sp³-hybridized carbons (Fsp3) is 0.0714. The minimum atomic E-state index is -4.46. The summed E-state index contributed by atoms with van der Waals surface area (Å²) in [5.41, 5.74) is -0.884. The highest BCUT2D eigenvalue weighted by Gasteiger charge is 2.30. The van der Waals surface area contributed by atoms with Gasteiger partial charge < -0.3 is 10.4 Å². The highest BCUT2D eigenvalue weighted by molar-refractivity contribution is 6.36. The predicted octanol–water partition coefficient (Wildman–Crippen LogP) is 4.97. The van der Waals surface area contributed by atoms with Gasteiger partial charge in [0.1, 0.15) is 5.75 Å². The van der Waals surface area contributed by atoms with E-state index in [9.17, 15) is 23.1 Å². The number of phenolic OH excluding ortho intramolecular Hbond substituents is 1. The van der Waals surface area contributed by atoms with Crippen molar-refractivity contribution in [2.75, 3.05) is 5.32 Å². The van der Waals surface area contributed by atoms with Crippen molar-refractivity contribution in [2.24, 2.45) is 0 Å². The summed E-state index contributed by atoms with van der Waals surface area (Å²) in [6.07, 6.45) is -4.46. The molecule has 0 heterocycles. The van der Waals surface area contributed by atoms with Gasteiger partial charge in [0.15, 0.2) is 0 Å². The summed E-state index contributed by atoms with van der Waals surface area (Å²) in [5, 5.41) is 12.1. The minimum absolute atomic E-state index is 0.106. The highest BCUT2D eigenvalue weighted by Crippen LogP contribution is 2.32. The lowest BCUT2D eigenvalue weighted by Gasteiger charge is -2.10. The lowest BCUT2D eigenvalue weighted by Crippen LogP contribution is -2.13. The number of halogens is 5. The molecule has 0 aliphatic carbocycles. The Balaban J connectivity index is 2.23. The van der Waals surface area contributed by atoms with E-state index in [-0.39, 0.29) is 21.3 Å². The molecule has 0 aliphatic rings. The Morgan fingerprint density at radius 2 is 1.68 bits per heavy atom. The van der Waals surface area contributed by atoms with Crippen molar-refractivity contribution >= 4 is 34.8 Å². The molecule has 2 N–H and O–H groups in total. The number of anilines is 1. The lowest BCUT2D eigenvalue weighted by molar-refractivity contribution is -0.137. The van der Waals surface area contributed by atoms with Gasteiger partial charge in [0.2, 0.25) is 0 Å². The number of nitrogens with one attached hydrogen (secondary N) is 1. The fourth-order valence-corrected chi connectivity index (χ4v) is 2.17. The molecule has 2 aromatic carbocycles. The zero-order chi connectivity index (χ0) is 16.5. The number of carbonyl (C=O) groups excluding carboxylic acids is 1. The van der Waals surface area contributed by atoms with Crippen LogP contribution < -0.4 is 5.32 Å². The second-order valence-electron chi connectivity index (χ2n) is 4.31. The molecule has 0 aliphatic heterocycles. The third-order valence-corrected chi connectivity index (χ3v) is 3.25. The van der Waals surface area contributed by atoms with Gasteiger partial charge >= 0.3 is 6.18 Å². The maximum Gasteiger partial charge on any atom is 0.416 e. The number of aromatic hydroxyl groups is 1. The number of phenols is 1. The molecule has 2 aromatic rings. The summed E-state index contributed by atoms with van der Waals surface area (Å²) in [4.78, 5) is 12.0. The van der Waals surface area contributed by atoms with Gasteiger partial charge in [-0.25, -0.2) is 0 Å². The smallest absolute Gasteiger partial charge is 0.416 e. The van der Waals surface area contributed by atoms with Crippen molar-refractivity contribution in [1.29, 1.82) is 0 Å². The zero-order valence-electron chi connectivity index (χ0n) is 10.7. The van der Waals surface area contributed by atoms with E-state index < -0.39 is 23.4 Å². The first kappa shape index (κ1) is 16.5. The summed E-state index contributed by atoms with van der Waals surface area (Å²) in [6, 6.07) is 6.32. The van der Waals surface area contributed by atoms with E-state index in [1.807, 2.05) is 0 Å². The Morgan fingerprint density at radius 3 is 2.23 bits per heavy atom. The number of hydrogen-bond donors (Lipinski definition) is 2.